The second-order valence-electron chi connectivity index (χ2n) is 11.0. The lowest BCUT2D eigenvalue weighted by atomic mass is 9.97. The highest BCUT2D eigenvalue weighted by atomic mass is 19.1. The van der Waals surface area contributed by atoms with Gasteiger partial charge in [-0.25, -0.2) is 4.39 Å². The number of allylic oxidation sites excluding steroid dienone is 6. The van der Waals surface area contributed by atoms with Crippen LogP contribution in [0.2, 0.25) is 0 Å². The predicted molar refractivity (Wildman–Crippen MR) is 168 cm³/mol. The molecule has 2 aliphatic carbocycles. The molecule has 5 nitrogen and oxygen atoms in total. The van der Waals surface area contributed by atoms with E-state index in [-0.39, 0.29) is 30.2 Å². The highest BCUT2D eigenvalue weighted by Crippen LogP contribution is 2.46. The number of unbranched alkanes of at least 4 members (excludes halogenated alkanes) is 1. The summed E-state index contributed by atoms with van der Waals surface area (Å²) in [6.45, 7) is 0.0103. The standard InChI is InChI=1S/C37H35FN2O3/c38-32-17-3-1-2-11-27(25-32)12-10-24-39-36(43)34(41)19-9-7-15-29-14-6-8-18-33(29)35(42)40-37(22-23-37)31-21-20-28-13-4-5-16-30(28)26-31/h3-6,8,11,13-14,16-18,20-21,25-26H,1-2,7,9,15,19,22-24H2,(H,39,43)(H,40,42)/b17-3+,27-11?,32-25?. The first-order valence-electron chi connectivity index (χ1n) is 14.9. The van der Waals surface area contributed by atoms with Crippen LogP contribution in [0.4, 0.5) is 4.39 Å². The van der Waals surface area contributed by atoms with Crippen LogP contribution in [0.15, 0.2) is 102 Å². The Morgan fingerprint density at radius 2 is 1.70 bits per heavy atom. The molecule has 0 saturated heterocycles. The van der Waals surface area contributed by atoms with Gasteiger partial charge in [0.05, 0.1) is 12.1 Å². The van der Waals surface area contributed by atoms with E-state index < -0.39 is 11.7 Å². The van der Waals surface area contributed by atoms with E-state index in [9.17, 15) is 18.8 Å². The normalized spacial score (nSPS) is 15.9. The van der Waals surface area contributed by atoms with Crippen LogP contribution in [-0.2, 0) is 21.5 Å². The number of hydrogen-bond acceptors (Lipinski definition) is 3. The van der Waals surface area contributed by atoms with Crippen LogP contribution in [-0.4, -0.2) is 24.1 Å². The Morgan fingerprint density at radius 3 is 2.53 bits per heavy atom. The fourth-order valence-electron chi connectivity index (χ4n) is 5.30. The van der Waals surface area contributed by atoms with E-state index >= 15 is 0 Å². The first-order chi connectivity index (χ1) is 20.9. The van der Waals surface area contributed by atoms with E-state index in [4.69, 9.17) is 0 Å². The quantitative estimate of drug-likeness (QED) is 0.159. The number of Topliss-reactive ketones (excluding diaryl/α,β-unsaturated/α-hetero) is 1. The Morgan fingerprint density at radius 1 is 0.907 bits per heavy atom. The maximum Gasteiger partial charge on any atom is 0.288 e. The van der Waals surface area contributed by atoms with Gasteiger partial charge in [-0.1, -0.05) is 78.6 Å². The fraction of sp³-hybridized carbons (Fsp3) is 0.270. The molecule has 0 bridgehead atoms. The number of ketones is 1. The number of aryl methyl sites for hydroxylation is 1. The summed E-state index contributed by atoms with van der Waals surface area (Å²) in [4.78, 5) is 37.9. The highest BCUT2D eigenvalue weighted by molar-refractivity contribution is 6.36. The molecule has 0 spiro atoms. The molecule has 0 unspecified atom stereocenters. The van der Waals surface area contributed by atoms with Crippen molar-refractivity contribution in [2.75, 3.05) is 6.54 Å². The van der Waals surface area contributed by atoms with Crippen molar-refractivity contribution in [2.24, 2.45) is 0 Å². The van der Waals surface area contributed by atoms with Crippen LogP contribution >= 0.6 is 0 Å². The van der Waals surface area contributed by atoms with Crippen LogP contribution < -0.4 is 10.6 Å². The van der Waals surface area contributed by atoms with Gasteiger partial charge in [0.15, 0.2) is 0 Å². The Kier molecular flexibility index (Phi) is 9.63. The second kappa shape index (κ2) is 13.9. The van der Waals surface area contributed by atoms with Crippen molar-refractivity contribution in [3.05, 3.63) is 119 Å². The predicted octanol–water partition coefficient (Wildman–Crippen LogP) is 6.79. The van der Waals surface area contributed by atoms with Gasteiger partial charge in [0.25, 0.3) is 11.8 Å². The van der Waals surface area contributed by atoms with Crippen molar-refractivity contribution in [3.8, 4) is 11.8 Å². The summed E-state index contributed by atoms with van der Waals surface area (Å²) in [6.07, 6.45) is 11.6. The molecule has 0 radical (unpaired) electrons. The smallest absolute Gasteiger partial charge is 0.288 e. The summed E-state index contributed by atoms with van der Waals surface area (Å²) < 4.78 is 13.6. The Labute approximate surface area is 252 Å². The number of nitrogens with one attached hydrogen (secondary N) is 2. The molecule has 6 heteroatoms. The molecule has 5 rings (SSSR count). The summed E-state index contributed by atoms with van der Waals surface area (Å²) in [6, 6.07) is 22.2. The van der Waals surface area contributed by atoms with Crippen molar-refractivity contribution in [1.82, 2.24) is 10.6 Å². The summed E-state index contributed by atoms with van der Waals surface area (Å²) in [5, 5.41) is 8.16. The van der Waals surface area contributed by atoms with Gasteiger partial charge >= 0.3 is 0 Å². The Balaban J connectivity index is 1.09. The van der Waals surface area contributed by atoms with E-state index in [0.29, 0.717) is 30.4 Å². The summed E-state index contributed by atoms with van der Waals surface area (Å²) in [7, 11) is 0. The van der Waals surface area contributed by atoms with E-state index in [1.54, 1.807) is 6.08 Å². The molecule has 3 aromatic rings. The zero-order valence-electron chi connectivity index (χ0n) is 24.1. The average molecular weight is 575 g/mol. The molecule has 0 heterocycles. The minimum absolute atomic E-state index is 0.0103. The molecule has 218 valence electrons. The minimum atomic E-state index is -0.672. The molecule has 1 fully saturated rings. The minimum Gasteiger partial charge on any atom is -0.343 e. The number of amides is 2. The van der Waals surface area contributed by atoms with E-state index in [1.807, 2.05) is 42.5 Å². The molecule has 2 aliphatic rings. The maximum absolute atomic E-state index is 13.6. The zero-order chi connectivity index (χ0) is 30.1. The Bertz CT molecular complexity index is 1680. The summed E-state index contributed by atoms with van der Waals surface area (Å²) in [5.41, 5.74) is 2.90. The number of rotatable bonds is 10. The molecule has 1 saturated carbocycles. The lowest BCUT2D eigenvalue weighted by Gasteiger charge is -2.20. The van der Waals surface area contributed by atoms with Crippen molar-refractivity contribution >= 4 is 28.4 Å². The molecule has 0 atom stereocenters. The molecule has 2 amide bonds. The molecule has 2 N–H and O–H groups in total. The zero-order valence-corrected chi connectivity index (χ0v) is 24.1. The van der Waals surface area contributed by atoms with Gasteiger partial charge in [-0.15, -0.1) is 0 Å². The van der Waals surface area contributed by atoms with Gasteiger partial charge in [-0.05, 0) is 91.1 Å². The third-order valence-corrected chi connectivity index (χ3v) is 7.86. The van der Waals surface area contributed by atoms with Gasteiger partial charge in [0.1, 0.15) is 5.83 Å². The third kappa shape index (κ3) is 7.96. The summed E-state index contributed by atoms with van der Waals surface area (Å²) in [5.74, 6) is 3.98. The van der Waals surface area contributed by atoms with Crippen LogP contribution in [0.25, 0.3) is 10.8 Å². The van der Waals surface area contributed by atoms with Crippen molar-refractivity contribution in [2.45, 2.75) is 56.9 Å². The van der Waals surface area contributed by atoms with Crippen LogP contribution in [0.1, 0.15) is 66.4 Å². The molecule has 43 heavy (non-hydrogen) atoms. The number of fused-ring (bicyclic) bond motifs is 1. The number of halogens is 1. The largest absolute Gasteiger partial charge is 0.343 e. The Hall–Kier alpha value is -4.76. The lowest BCUT2D eigenvalue weighted by Crippen LogP contribution is -2.35. The van der Waals surface area contributed by atoms with E-state index in [2.05, 4.69) is 52.8 Å². The van der Waals surface area contributed by atoms with Crippen LogP contribution in [0.3, 0.4) is 0 Å². The maximum atomic E-state index is 13.6. The number of carbonyl (C=O) groups excluding carboxylic acids is 3. The van der Waals surface area contributed by atoms with E-state index in [0.717, 1.165) is 42.2 Å². The van der Waals surface area contributed by atoms with Crippen molar-refractivity contribution in [3.63, 3.8) is 0 Å². The van der Waals surface area contributed by atoms with Crippen LogP contribution in [0, 0.1) is 11.8 Å². The number of hydrogen-bond donors (Lipinski definition) is 2. The first kappa shape index (κ1) is 29.7. The lowest BCUT2D eigenvalue weighted by molar-refractivity contribution is -0.137. The third-order valence-electron chi connectivity index (χ3n) is 7.86. The van der Waals surface area contributed by atoms with Crippen molar-refractivity contribution in [1.29, 1.82) is 0 Å². The molecule has 0 aliphatic heterocycles. The van der Waals surface area contributed by atoms with Crippen LogP contribution in [0.5, 0.6) is 0 Å². The second-order valence-corrected chi connectivity index (χ2v) is 11.0. The van der Waals surface area contributed by atoms with Gasteiger partial charge in [0, 0.05) is 17.6 Å². The number of carbonyl (C=O) groups is 3. The first-order valence-corrected chi connectivity index (χ1v) is 14.9. The average Bonchev–Trinajstić information content (AvgIpc) is 3.79. The molecule has 3 aromatic carbocycles. The topological polar surface area (TPSA) is 75.3 Å². The van der Waals surface area contributed by atoms with Gasteiger partial charge in [0.2, 0.25) is 5.78 Å². The summed E-state index contributed by atoms with van der Waals surface area (Å²) >= 11 is 0. The van der Waals surface area contributed by atoms with Gasteiger partial charge < -0.3 is 10.6 Å². The van der Waals surface area contributed by atoms with Crippen molar-refractivity contribution < 1.29 is 18.8 Å². The molecule has 0 aromatic heterocycles. The fourth-order valence-corrected chi connectivity index (χ4v) is 5.30. The van der Waals surface area contributed by atoms with E-state index in [1.165, 1.54) is 17.5 Å². The van der Waals surface area contributed by atoms with Gasteiger partial charge in [-0.3, -0.25) is 14.4 Å². The molecular weight excluding hydrogens is 539 g/mol. The monoisotopic (exact) mass is 574 g/mol. The number of benzene rings is 3. The van der Waals surface area contributed by atoms with Gasteiger partial charge in [-0.2, -0.15) is 0 Å². The molecular formula is C37H35FN2O3. The SMILES string of the molecule is O=C(CCCCc1ccccc1C(=O)NC1(c2ccc3ccccc3c2)CC1)C(=O)NCC#CC1=CCC/C=C/C(F)=C1. The highest BCUT2D eigenvalue weighted by Gasteiger charge is 2.46.